The second-order valence-electron chi connectivity index (χ2n) is 3.58. The van der Waals surface area contributed by atoms with E-state index in [1.807, 2.05) is 37.3 Å². The topological polar surface area (TPSA) is 33.5 Å². The summed E-state index contributed by atoms with van der Waals surface area (Å²) in [5.74, 6) is 0. The Morgan fingerprint density at radius 2 is 1.32 bits per heavy atom. The second-order valence-corrected chi connectivity index (χ2v) is 3.58. The summed E-state index contributed by atoms with van der Waals surface area (Å²) in [4.78, 5) is 0. The molecule has 4 heteroatoms. The molecular formula is C15H24Cl2NTi. The number of allylic oxidation sites excluding steroid dienone is 4. The van der Waals surface area contributed by atoms with Crippen LogP contribution in [0.4, 0.5) is 0 Å². The Hall–Kier alpha value is -0.0457. The molecule has 0 atom stereocenters. The van der Waals surface area contributed by atoms with Crippen LogP contribution >= 0.6 is 24.8 Å². The molecule has 0 amide bonds. The standard InChI is InChI=1S/C9H15.C6H5.2ClH.H2N.Ti/c1-6-8(4)9(5)7(2)3;1-2-4-6-5-3-1;;;;/h1-5H3;1-5H;2*1H;1H2;/q2*-1;;;-1;+3. The van der Waals surface area contributed by atoms with E-state index in [0.717, 1.165) is 0 Å². The molecule has 0 fully saturated rings. The normalized spacial score (nSPS) is 7.95. The van der Waals surface area contributed by atoms with Crippen molar-refractivity contribution in [1.82, 2.24) is 0 Å². The van der Waals surface area contributed by atoms with E-state index < -0.39 is 0 Å². The molecule has 0 saturated heterocycles. The van der Waals surface area contributed by atoms with Gasteiger partial charge in [0.25, 0.3) is 0 Å². The van der Waals surface area contributed by atoms with Gasteiger partial charge in [0, 0.05) is 0 Å². The van der Waals surface area contributed by atoms with Gasteiger partial charge >= 0.3 is 21.7 Å². The number of hydrogen-bond donors (Lipinski definition) is 0. The van der Waals surface area contributed by atoms with E-state index in [4.69, 9.17) is 0 Å². The minimum atomic E-state index is 0. The van der Waals surface area contributed by atoms with Crippen molar-refractivity contribution in [2.24, 2.45) is 0 Å². The molecule has 0 unspecified atom stereocenters. The second kappa shape index (κ2) is 20.3. The fourth-order valence-corrected chi connectivity index (χ4v) is 0.904. The third kappa shape index (κ3) is 18.0. The smallest absolute Gasteiger partial charge is 0.693 e. The van der Waals surface area contributed by atoms with Gasteiger partial charge in [-0.2, -0.15) is 47.5 Å². The maximum atomic E-state index is 3.10. The van der Waals surface area contributed by atoms with E-state index in [-0.39, 0.29) is 52.7 Å². The summed E-state index contributed by atoms with van der Waals surface area (Å²) in [7, 11) is 0. The van der Waals surface area contributed by atoms with E-state index in [2.05, 4.69) is 39.8 Å². The van der Waals surface area contributed by atoms with Crippen LogP contribution < -0.4 is 0 Å². The van der Waals surface area contributed by atoms with Crippen LogP contribution in [-0.4, -0.2) is 0 Å². The first-order valence-electron chi connectivity index (χ1n) is 5.16. The van der Waals surface area contributed by atoms with Crippen molar-refractivity contribution in [2.45, 2.75) is 34.6 Å². The predicted molar refractivity (Wildman–Crippen MR) is 87.2 cm³/mol. The van der Waals surface area contributed by atoms with Crippen LogP contribution in [-0.2, 0) is 21.7 Å². The third-order valence-electron chi connectivity index (χ3n) is 2.29. The Kier molecular flexibility index (Phi) is 33.5. The summed E-state index contributed by atoms with van der Waals surface area (Å²) < 4.78 is 0. The van der Waals surface area contributed by atoms with Crippen LogP contribution in [0.25, 0.3) is 6.15 Å². The molecule has 19 heavy (non-hydrogen) atoms. The number of nitrogens with two attached hydrogens (primary N) is 1. The Bertz CT molecular complexity index is 305. The molecule has 0 saturated carbocycles. The Morgan fingerprint density at radius 1 is 0.895 bits per heavy atom. The van der Waals surface area contributed by atoms with Gasteiger partial charge in [-0.15, -0.1) is 38.7 Å². The van der Waals surface area contributed by atoms with Crippen LogP contribution in [0.2, 0.25) is 0 Å². The first-order valence-corrected chi connectivity index (χ1v) is 5.16. The Morgan fingerprint density at radius 3 is 1.42 bits per heavy atom. The molecule has 1 nitrogen and oxygen atoms in total. The zero-order valence-electron chi connectivity index (χ0n) is 12.3. The van der Waals surface area contributed by atoms with Crippen molar-refractivity contribution in [1.29, 1.82) is 0 Å². The molecule has 2 N–H and O–H groups in total. The van der Waals surface area contributed by atoms with Gasteiger partial charge in [-0.25, -0.2) is 5.57 Å². The summed E-state index contributed by atoms with van der Waals surface area (Å²) >= 11 is 0. The Balaban J connectivity index is -0.0000000589. The van der Waals surface area contributed by atoms with Gasteiger partial charge in [-0.1, -0.05) is 20.8 Å². The minimum Gasteiger partial charge on any atom is -0.693 e. The van der Waals surface area contributed by atoms with Crippen molar-refractivity contribution >= 4 is 24.8 Å². The molecule has 0 aliphatic carbocycles. The molecule has 0 aromatic heterocycles. The molecular weight excluding hydrogens is 313 g/mol. The molecule has 0 aliphatic heterocycles. The van der Waals surface area contributed by atoms with Crippen LogP contribution in [0, 0.1) is 12.1 Å². The van der Waals surface area contributed by atoms with Gasteiger partial charge in [0.2, 0.25) is 0 Å². The van der Waals surface area contributed by atoms with Crippen molar-refractivity contribution in [3.05, 3.63) is 65.3 Å². The van der Waals surface area contributed by atoms with Crippen molar-refractivity contribution < 1.29 is 21.7 Å². The maximum absolute atomic E-state index is 3.10. The molecule has 1 radical (unpaired) electrons. The molecule has 0 bridgehead atoms. The average Bonchev–Trinajstić information content (AvgIpc) is 2.30. The quantitative estimate of drug-likeness (QED) is 0.334. The third-order valence-corrected chi connectivity index (χ3v) is 2.29. The molecule has 1 aromatic rings. The van der Waals surface area contributed by atoms with Crippen LogP contribution in [0.15, 0.2) is 47.1 Å². The van der Waals surface area contributed by atoms with Gasteiger partial charge in [0.1, 0.15) is 0 Å². The SMILES string of the molecule is C[C-]=C(C)C(C)=C(C)C.Cl.Cl.[NH2-].[Ti+3].[c-]1ccccc1. The van der Waals surface area contributed by atoms with E-state index in [1.54, 1.807) is 0 Å². The van der Waals surface area contributed by atoms with Crippen LogP contribution in [0.1, 0.15) is 34.6 Å². The summed E-state index contributed by atoms with van der Waals surface area (Å²) in [6.07, 6.45) is 3.10. The predicted octanol–water partition coefficient (Wildman–Crippen LogP) is 6.16. The van der Waals surface area contributed by atoms with E-state index >= 15 is 0 Å². The van der Waals surface area contributed by atoms with Crippen LogP contribution in [0.5, 0.6) is 0 Å². The first-order chi connectivity index (χ1) is 7.09. The molecule has 1 aromatic carbocycles. The van der Waals surface area contributed by atoms with Gasteiger partial charge in [-0.05, 0) is 0 Å². The minimum absolute atomic E-state index is 0. The molecule has 0 spiro atoms. The van der Waals surface area contributed by atoms with Crippen LogP contribution in [0.3, 0.4) is 0 Å². The van der Waals surface area contributed by atoms with E-state index in [0.29, 0.717) is 0 Å². The van der Waals surface area contributed by atoms with Crippen molar-refractivity contribution in [2.75, 3.05) is 0 Å². The van der Waals surface area contributed by atoms with Gasteiger partial charge < -0.3 is 6.15 Å². The largest absolute Gasteiger partial charge is 3.00 e. The first kappa shape index (κ1) is 31.4. The maximum Gasteiger partial charge on any atom is 3.00 e. The summed E-state index contributed by atoms with van der Waals surface area (Å²) in [5.41, 5.74) is 3.99. The van der Waals surface area contributed by atoms with Crippen molar-refractivity contribution in [3.63, 3.8) is 0 Å². The molecule has 0 aliphatic rings. The molecule has 107 valence electrons. The Labute approximate surface area is 146 Å². The zero-order chi connectivity index (χ0) is 11.7. The van der Waals surface area contributed by atoms with E-state index in [1.165, 1.54) is 16.7 Å². The van der Waals surface area contributed by atoms with Gasteiger partial charge in [0.05, 0.1) is 0 Å². The van der Waals surface area contributed by atoms with Crippen molar-refractivity contribution in [3.8, 4) is 0 Å². The number of benzene rings is 1. The fourth-order valence-electron chi connectivity index (χ4n) is 0.904. The summed E-state index contributed by atoms with van der Waals surface area (Å²) in [5, 5.41) is 0. The van der Waals surface area contributed by atoms with Gasteiger partial charge in [0.15, 0.2) is 0 Å². The summed E-state index contributed by atoms with van der Waals surface area (Å²) in [6.45, 7) is 10.4. The fraction of sp³-hybridized carbons (Fsp3) is 0.333. The molecule has 0 heterocycles. The monoisotopic (exact) mass is 336 g/mol. The number of halogens is 2. The molecule has 1 rings (SSSR count). The number of rotatable bonds is 1. The summed E-state index contributed by atoms with van der Waals surface area (Å²) in [6, 6.07) is 12.5. The van der Waals surface area contributed by atoms with Gasteiger partial charge in [-0.3, -0.25) is 6.08 Å². The van der Waals surface area contributed by atoms with E-state index in [9.17, 15) is 0 Å². The number of hydrogen-bond acceptors (Lipinski definition) is 0. The zero-order valence-corrected chi connectivity index (χ0v) is 15.5. The average molecular weight is 337 g/mol.